The molecule has 0 saturated heterocycles. The van der Waals surface area contributed by atoms with E-state index in [1.54, 1.807) is 36.4 Å². The van der Waals surface area contributed by atoms with Gasteiger partial charge in [-0.1, -0.05) is 48.6 Å². The Labute approximate surface area is 196 Å². The third kappa shape index (κ3) is 30.9. The summed E-state index contributed by atoms with van der Waals surface area (Å²) in [5.41, 5.74) is 0.273. The molecule has 0 aliphatic carbocycles. The Morgan fingerprint density at radius 2 is 1.12 bits per heavy atom. The van der Waals surface area contributed by atoms with Crippen molar-refractivity contribution >= 4 is 25.7 Å². The van der Waals surface area contributed by atoms with Gasteiger partial charge < -0.3 is 9.90 Å². The fourth-order valence-corrected chi connectivity index (χ4v) is 1.49. The van der Waals surface area contributed by atoms with Gasteiger partial charge in [0.1, 0.15) is 6.29 Å². The Kier molecular flexibility index (Phi) is 34.6. The molecule has 0 spiro atoms. The summed E-state index contributed by atoms with van der Waals surface area (Å²) in [5, 5.41) is 27.0. The van der Waals surface area contributed by atoms with Gasteiger partial charge in [-0.2, -0.15) is 0 Å². The van der Waals surface area contributed by atoms with Crippen molar-refractivity contribution in [2.75, 3.05) is 20.4 Å². The number of allylic oxidation sites excluding steroid dienone is 2. The molecular formula is C22H34N2O8P+. The monoisotopic (exact) mass is 485 g/mol. The van der Waals surface area contributed by atoms with Gasteiger partial charge in [0, 0.05) is 31.4 Å². The van der Waals surface area contributed by atoms with Crippen LogP contribution in [0, 0.1) is 20.2 Å². The van der Waals surface area contributed by atoms with Crippen LogP contribution in [-0.4, -0.2) is 41.6 Å². The predicted octanol–water partition coefficient (Wildman–Crippen LogP) is 5.98. The highest BCUT2D eigenvalue weighted by atomic mass is 31.1. The Morgan fingerprint density at radius 3 is 1.21 bits per heavy atom. The fourth-order valence-electron chi connectivity index (χ4n) is 1.23. The molecular weight excluding hydrogens is 451 g/mol. The zero-order chi connectivity index (χ0) is 26.5. The maximum atomic E-state index is 10.1. The largest absolute Gasteiger partial charge is 0.507 e. The highest BCUT2D eigenvalue weighted by molar-refractivity contribution is 7.39. The summed E-state index contributed by atoms with van der Waals surface area (Å²) in [7, 11) is 1.12. The SMILES string of the molecule is CC=CC.CC=O.CC[P+](=O)OC.CO.O=[N+]([O-])c1ccccc1.O=[N+]([O-])c1ccccc1. The molecule has 0 radical (unpaired) electrons. The Morgan fingerprint density at radius 1 is 0.848 bits per heavy atom. The van der Waals surface area contributed by atoms with Gasteiger partial charge in [0.05, 0.1) is 17.0 Å². The van der Waals surface area contributed by atoms with Gasteiger partial charge in [0.2, 0.25) is 0 Å². The average molecular weight is 485 g/mol. The Hall–Kier alpha value is -3.33. The van der Waals surface area contributed by atoms with E-state index in [0.29, 0.717) is 6.16 Å². The van der Waals surface area contributed by atoms with E-state index in [0.717, 1.165) is 13.4 Å². The number of nitro benzene ring substituents is 2. The molecule has 33 heavy (non-hydrogen) atoms. The van der Waals surface area contributed by atoms with Crippen LogP contribution in [0.4, 0.5) is 11.4 Å². The number of nitro groups is 2. The number of benzene rings is 2. The highest BCUT2D eigenvalue weighted by Gasteiger charge is 2.06. The van der Waals surface area contributed by atoms with E-state index in [1.165, 1.54) is 38.3 Å². The van der Waals surface area contributed by atoms with Crippen LogP contribution in [0.15, 0.2) is 72.8 Å². The molecule has 0 fully saturated rings. The number of nitrogens with zero attached hydrogens (tertiary/aromatic N) is 2. The summed E-state index contributed by atoms with van der Waals surface area (Å²) in [6.07, 6.45) is 5.37. The number of carbonyl (C=O) groups excluding carboxylic acids is 1. The minimum Gasteiger partial charge on any atom is -0.400 e. The van der Waals surface area contributed by atoms with Gasteiger partial charge in [-0.05, 0) is 32.3 Å². The minimum atomic E-state index is -1.33. The van der Waals surface area contributed by atoms with Crippen molar-refractivity contribution in [2.24, 2.45) is 0 Å². The molecule has 10 nitrogen and oxygen atoms in total. The summed E-state index contributed by atoms with van der Waals surface area (Å²) in [5.74, 6) is 0. The van der Waals surface area contributed by atoms with Crippen molar-refractivity contribution in [3.8, 4) is 0 Å². The number of carbonyl (C=O) groups is 1. The van der Waals surface area contributed by atoms with Crippen molar-refractivity contribution in [1.29, 1.82) is 0 Å². The summed E-state index contributed by atoms with van der Waals surface area (Å²) < 4.78 is 14.5. The molecule has 1 atom stereocenters. The van der Waals surface area contributed by atoms with E-state index in [2.05, 4.69) is 4.52 Å². The molecule has 0 amide bonds. The zero-order valence-corrected chi connectivity index (χ0v) is 20.8. The van der Waals surface area contributed by atoms with Crippen LogP contribution in [0.25, 0.3) is 0 Å². The summed E-state index contributed by atoms with van der Waals surface area (Å²) in [6.45, 7) is 7.27. The van der Waals surface area contributed by atoms with Crippen molar-refractivity contribution in [3.63, 3.8) is 0 Å². The normalized spacial score (nSPS) is 8.64. The molecule has 0 aliphatic heterocycles. The van der Waals surface area contributed by atoms with Crippen LogP contribution in [0.1, 0.15) is 27.7 Å². The number of hydrogen-bond acceptors (Lipinski definition) is 8. The van der Waals surface area contributed by atoms with Gasteiger partial charge in [-0.25, -0.2) is 0 Å². The van der Waals surface area contributed by atoms with E-state index >= 15 is 0 Å². The lowest BCUT2D eigenvalue weighted by Gasteiger charge is -1.85. The molecule has 0 saturated carbocycles. The number of aldehydes is 1. The molecule has 0 heterocycles. The first-order valence-electron chi connectivity index (χ1n) is 9.54. The first-order valence-corrected chi connectivity index (χ1v) is 10.9. The number of rotatable bonds is 4. The van der Waals surface area contributed by atoms with Crippen molar-refractivity contribution in [1.82, 2.24) is 0 Å². The van der Waals surface area contributed by atoms with E-state index < -0.39 is 17.9 Å². The molecule has 0 aliphatic rings. The Bertz CT molecular complexity index is 698. The number of aliphatic hydroxyl groups excluding tert-OH is 1. The third-order valence-corrected chi connectivity index (χ3v) is 3.65. The lowest BCUT2D eigenvalue weighted by molar-refractivity contribution is -0.385. The van der Waals surface area contributed by atoms with Crippen LogP contribution >= 0.6 is 8.03 Å². The Balaban J connectivity index is -0.000000165. The van der Waals surface area contributed by atoms with Gasteiger partial charge in [0.25, 0.3) is 11.4 Å². The lowest BCUT2D eigenvalue weighted by Crippen LogP contribution is -1.84. The molecule has 1 N–H and O–H groups in total. The first kappa shape index (κ1) is 37.0. The lowest BCUT2D eigenvalue weighted by atomic mass is 10.3. The van der Waals surface area contributed by atoms with Gasteiger partial charge in [-0.15, -0.1) is 4.52 Å². The molecule has 2 aromatic rings. The number of non-ortho nitro benzene ring substituents is 2. The molecule has 11 heteroatoms. The van der Waals surface area contributed by atoms with E-state index in [9.17, 15) is 24.8 Å². The average Bonchev–Trinajstić information content (AvgIpc) is 2.87. The summed E-state index contributed by atoms with van der Waals surface area (Å²) >= 11 is 0. The smallest absolute Gasteiger partial charge is 0.400 e. The fraction of sp³-hybridized carbons (Fsp3) is 0.318. The van der Waals surface area contributed by atoms with Gasteiger partial charge >= 0.3 is 8.03 Å². The van der Waals surface area contributed by atoms with Gasteiger partial charge in [-0.3, -0.25) is 20.2 Å². The van der Waals surface area contributed by atoms with Crippen LogP contribution in [0.3, 0.4) is 0 Å². The number of para-hydroxylation sites is 2. The molecule has 0 bridgehead atoms. The number of hydrogen-bond donors (Lipinski definition) is 1. The van der Waals surface area contributed by atoms with E-state index in [4.69, 9.17) is 9.90 Å². The maximum Gasteiger partial charge on any atom is 0.507 e. The molecule has 2 rings (SSSR count). The van der Waals surface area contributed by atoms with Crippen LogP contribution in [-0.2, 0) is 13.9 Å². The second-order valence-electron chi connectivity index (χ2n) is 4.92. The molecule has 0 aromatic heterocycles. The summed E-state index contributed by atoms with van der Waals surface area (Å²) in [4.78, 5) is 28.0. The predicted molar refractivity (Wildman–Crippen MR) is 132 cm³/mol. The second kappa shape index (κ2) is 30.9. The number of aliphatic hydroxyl groups is 1. The van der Waals surface area contributed by atoms with Crippen LogP contribution < -0.4 is 0 Å². The maximum absolute atomic E-state index is 10.1. The minimum absolute atomic E-state index is 0.137. The van der Waals surface area contributed by atoms with Crippen molar-refractivity contribution in [3.05, 3.63) is 93.0 Å². The van der Waals surface area contributed by atoms with Gasteiger partial charge in [0.15, 0.2) is 6.16 Å². The summed E-state index contributed by atoms with van der Waals surface area (Å²) in [6, 6.07) is 15.9. The molecule has 184 valence electrons. The van der Waals surface area contributed by atoms with E-state index in [-0.39, 0.29) is 11.4 Å². The first-order chi connectivity index (χ1) is 15.7. The van der Waals surface area contributed by atoms with Crippen molar-refractivity contribution in [2.45, 2.75) is 27.7 Å². The second-order valence-corrected chi connectivity index (χ2v) is 6.58. The van der Waals surface area contributed by atoms with Crippen LogP contribution in [0.2, 0.25) is 0 Å². The molecule has 2 aromatic carbocycles. The zero-order valence-electron chi connectivity index (χ0n) is 19.9. The third-order valence-electron chi connectivity index (χ3n) is 2.73. The standard InChI is InChI=1S/2C6H5NO2.C4H8.C3H8O2P.C2H4O.CH4O/c2*8-7(9)6-4-2-1-3-5-6;1-3-4-2;1-3-6(4)5-2;1-2-3;1-2/h2*1-5H;3-4H,1-2H3;3H2,1-2H3;2H,1H3;2H,1H3/q;;;+1;;. The van der Waals surface area contributed by atoms with Crippen molar-refractivity contribution < 1.29 is 28.8 Å². The topological polar surface area (TPSA) is 150 Å². The molecule has 1 unspecified atom stereocenters. The van der Waals surface area contributed by atoms with E-state index in [1.807, 2.05) is 32.9 Å². The quantitative estimate of drug-likeness (QED) is 0.183. The van der Waals surface area contributed by atoms with Crippen LogP contribution in [0.5, 0.6) is 0 Å². The highest BCUT2D eigenvalue weighted by Crippen LogP contribution is 2.17.